The standard InChI is InChI=1S/C24H29N3O3/c1-16-7-10-18(11-8-16)27-22(15-21(26-27)24(2,3)4)25-23(28)13-17-9-12-19(29-5)14-20(17)30-6/h7-12,14-15H,13H2,1-6H3,(H,25,28). The molecule has 0 spiro atoms. The number of rotatable bonds is 6. The minimum absolute atomic E-state index is 0.144. The molecule has 6 heteroatoms. The molecule has 2 aromatic carbocycles. The van der Waals surface area contributed by atoms with Crippen molar-refractivity contribution in [3.05, 3.63) is 65.4 Å². The lowest BCUT2D eigenvalue weighted by atomic mass is 9.92. The number of anilines is 1. The third-order valence-corrected chi connectivity index (χ3v) is 4.87. The molecule has 158 valence electrons. The number of carbonyl (C=O) groups is 1. The normalized spacial score (nSPS) is 11.3. The van der Waals surface area contributed by atoms with Crippen molar-refractivity contribution in [2.24, 2.45) is 0 Å². The summed E-state index contributed by atoms with van der Waals surface area (Å²) >= 11 is 0. The van der Waals surface area contributed by atoms with Gasteiger partial charge in [0.1, 0.15) is 17.3 Å². The third-order valence-electron chi connectivity index (χ3n) is 4.87. The smallest absolute Gasteiger partial charge is 0.230 e. The summed E-state index contributed by atoms with van der Waals surface area (Å²) in [5.74, 6) is 1.80. The highest BCUT2D eigenvalue weighted by molar-refractivity contribution is 5.92. The van der Waals surface area contributed by atoms with Gasteiger partial charge in [-0.25, -0.2) is 4.68 Å². The van der Waals surface area contributed by atoms with E-state index in [-0.39, 0.29) is 17.7 Å². The van der Waals surface area contributed by atoms with Crippen LogP contribution < -0.4 is 14.8 Å². The van der Waals surface area contributed by atoms with Crippen LogP contribution >= 0.6 is 0 Å². The van der Waals surface area contributed by atoms with Crippen LogP contribution in [0.5, 0.6) is 11.5 Å². The van der Waals surface area contributed by atoms with Gasteiger partial charge < -0.3 is 14.8 Å². The topological polar surface area (TPSA) is 65.4 Å². The minimum Gasteiger partial charge on any atom is -0.497 e. The lowest BCUT2D eigenvalue weighted by Crippen LogP contribution is -2.17. The summed E-state index contributed by atoms with van der Waals surface area (Å²) in [5.41, 5.74) is 3.61. The van der Waals surface area contributed by atoms with Crippen LogP contribution in [0.3, 0.4) is 0 Å². The summed E-state index contributed by atoms with van der Waals surface area (Å²) < 4.78 is 12.4. The molecule has 0 aliphatic heterocycles. The van der Waals surface area contributed by atoms with Crippen molar-refractivity contribution in [3.63, 3.8) is 0 Å². The van der Waals surface area contributed by atoms with Crippen LogP contribution in [0, 0.1) is 6.92 Å². The van der Waals surface area contributed by atoms with E-state index in [9.17, 15) is 4.79 Å². The molecule has 0 saturated heterocycles. The van der Waals surface area contributed by atoms with Crippen molar-refractivity contribution in [2.45, 2.75) is 39.5 Å². The van der Waals surface area contributed by atoms with Crippen molar-refractivity contribution in [1.82, 2.24) is 9.78 Å². The molecule has 0 fully saturated rings. The van der Waals surface area contributed by atoms with E-state index in [1.54, 1.807) is 25.0 Å². The van der Waals surface area contributed by atoms with E-state index in [2.05, 4.69) is 26.1 Å². The van der Waals surface area contributed by atoms with Gasteiger partial charge in [0.2, 0.25) is 5.91 Å². The fourth-order valence-corrected chi connectivity index (χ4v) is 3.08. The predicted octanol–water partition coefficient (Wildman–Crippen LogP) is 4.68. The Morgan fingerprint density at radius 3 is 2.33 bits per heavy atom. The number of carbonyl (C=O) groups excluding carboxylic acids is 1. The number of amides is 1. The molecule has 1 N–H and O–H groups in total. The maximum atomic E-state index is 12.9. The van der Waals surface area contributed by atoms with Crippen molar-refractivity contribution in [1.29, 1.82) is 0 Å². The van der Waals surface area contributed by atoms with Gasteiger partial charge in [-0.3, -0.25) is 4.79 Å². The first-order valence-corrected chi connectivity index (χ1v) is 9.89. The molecular weight excluding hydrogens is 378 g/mol. The summed E-state index contributed by atoms with van der Waals surface area (Å²) in [7, 11) is 3.18. The van der Waals surface area contributed by atoms with Crippen LogP contribution in [0.1, 0.15) is 37.6 Å². The van der Waals surface area contributed by atoms with E-state index >= 15 is 0 Å². The van der Waals surface area contributed by atoms with Crippen LogP contribution in [0.15, 0.2) is 48.5 Å². The molecule has 3 rings (SSSR count). The van der Waals surface area contributed by atoms with E-state index < -0.39 is 0 Å². The monoisotopic (exact) mass is 407 g/mol. The highest BCUT2D eigenvalue weighted by atomic mass is 16.5. The van der Waals surface area contributed by atoms with E-state index in [0.29, 0.717) is 17.3 Å². The number of hydrogen-bond acceptors (Lipinski definition) is 4. The summed E-state index contributed by atoms with van der Waals surface area (Å²) in [6.07, 6.45) is 0.178. The van der Waals surface area contributed by atoms with Gasteiger partial charge in [-0.2, -0.15) is 5.10 Å². The first-order valence-electron chi connectivity index (χ1n) is 9.89. The quantitative estimate of drug-likeness (QED) is 0.645. The zero-order valence-corrected chi connectivity index (χ0v) is 18.4. The number of aryl methyl sites for hydroxylation is 1. The molecule has 0 aliphatic carbocycles. The van der Waals surface area contributed by atoms with Crippen LogP contribution in [0.25, 0.3) is 5.69 Å². The van der Waals surface area contributed by atoms with E-state index in [1.807, 2.05) is 49.4 Å². The molecule has 1 heterocycles. The van der Waals surface area contributed by atoms with E-state index in [1.165, 1.54) is 5.56 Å². The zero-order chi connectivity index (χ0) is 21.9. The average Bonchev–Trinajstić information content (AvgIpc) is 3.13. The molecule has 0 bridgehead atoms. The molecule has 0 radical (unpaired) electrons. The van der Waals surface area contributed by atoms with E-state index in [4.69, 9.17) is 14.6 Å². The summed E-state index contributed by atoms with van der Waals surface area (Å²) in [6.45, 7) is 8.34. The Morgan fingerprint density at radius 1 is 1.03 bits per heavy atom. The van der Waals surface area contributed by atoms with Crippen molar-refractivity contribution in [2.75, 3.05) is 19.5 Å². The maximum Gasteiger partial charge on any atom is 0.230 e. The van der Waals surface area contributed by atoms with Gasteiger partial charge in [-0.05, 0) is 25.1 Å². The van der Waals surface area contributed by atoms with Crippen LogP contribution in [0.2, 0.25) is 0 Å². The lowest BCUT2D eigenvalue weighted by molar-refractivity contribution is -0.115. The van der Waals surface area contributed by atoms with Gasteiger partial charge in [0, 0.05) is 23.1 Å². The van der Waals surface area contributed by atoms with Crippen molar-refractivity contribution in [3.8, 4) is 17.2 Å². The number of nitrogens with zero attached hydrogens (tertiary/aromatic N) is 2. The summed E-state index contributed by atoms with van der Waals surface area (Å²) in [4.78, 5) is 12.9. The first-order chi connectivity index (χ1) is 14.2. The summed E-state index contributed by atoms with van der Waals surface area (Å²) in [6, 6.07) is 15.4. The third kappa shape index (κ3) is 4.82. The van der Waals surface area contributed by atoms with Gasteiger partial charge in [0.25, 0.3) is 0 Å². The van der Waals surface area contributed by atoms with Crippen LogP contribution in [-0.4, -0.2) is 29.9 Å². The second-order valence-corrected chi connectivity index (χ2v) is 8.31. The lowest BCUT2D eigenvalue weighted by Gasteiger charge is -2.14. The Kier molecular flexibility index (Phi) is 6.15. The van der Waals surface area contributed by atoms with Gasteiger partial charge >= 0.3 is 0 Å². The number of benzene rings is 2. The van der Waals surface area contributed by atoms with E-state index in [0.717, 1.165) is 16.9 Å². The number of hydrogen-bond donors (Lipinski definition) is 1. The van der Waals surface area contributed by atoms with Crippen molar-refractivity contribution >= 4 is 11.7 Å². The first kappa shape index (κ1) is 21.4. The van der Waals surface area contributed by atoms with Crippen LogP contribution in [-0.2, 0) is 16.6 Å². The molecule has 0 saturated carbocycles. The molecule has 3 aromatic rings. The molecule has 30 heavy (non-hydrogen) atoms. The molecule has 0 atom stereocenters. The van der Waals surface area contributed by atoms with Crippen LogP contribution in [0.4, 0.5) is 5.82 Å². The molecular formula is C24H29N3O3. The Labute approximate surface area is 177 Å². The molecule has 0 aliphatic rings. The number of ether oxygens (including phenoxy) is 2. The fraction of sp³-hybridized carbons (Fsp3) is 0.333. The maximum absolute atomic E-state index is 12.9. The highest BCUT2D eigenvalue weighted by Gasteiger charge is 2.22. The largest absolute Gasteiger partial charge is 0.497 e. The molecule has 1 amide bonds. The zero-order valence-electron chi connectivity index (χ0n) is 18.4. The molecule has 1 aromatic heterocycles. The van der Waals surface area contributed by atoms with Gasteiger partial charge in [0.15, 0.2) is 0 Å². The SMILES string of the molecule is COc1ccc(CC(=O)Nc2cc(C(C)(C)C)nn2-c2ccc(C)cc2)c(OC)c1. The highest BCUT2D eigenvalue weighted by Crippen LogP contribution is 2.28. The van der Waals surface area contributed by atoms with Gasteiger partial charge in [-0.15, -0.1) is 0 Å². The van der Waals surface area contributed by atoms with Crippen molar-refractivity contribution < 1.29 is 14.3 Å². The Bertz CT molecular complexity index is 1030. The second-order valence-electron chi connectivity index (χ2n) is 8.31. The Hall–Kier alpha value is -3.28. The second kappa shape index (κ2) is 8.61. The predicted molar refractivity (Wildman–Crippen MR) is 119 cm³/mol. The van der Waals surface area contributed by atoms with Gasteiger partial charge in [-0.1, -0.05) is 44.5 Å². The summed E-state index contributed by atoms with van der Waals surface area (Å²) in [5, 5.41) is 7.78. The Morgan fingerprint density at radius 2 is 1.73 bits per heavy atom. The fourth-order valence-electron chi connectivity index (χ4n) is 3.08. The molecule has 0 unspecified atom stereocenters. The number of nitrogens with one attached hydrogen (secondary N) is 1. The minimum atomic E-state index is -0.146. The number of methoxy groups -OCH3 is 2. The Balaban J connectivity index is 1.89. The van der Waals surface area contributed by atoms with Gasteiger partial charge in [0.05, 0.1) is 32.0 Å². The molecule has 6 nitrogen and oxygen atoms in total. The number of aromatic nitrogens is 2. The average molecular weight is 408 g/mol.